The van der Waals surface area contributed by atoms with Crippen molar-refractivity contribution in [2.24, 2.45) is 0 Å². The van der Waals surface area contributed by atoms with Crippen molar-refractivity contribution in [2.45, 2.75) is 12.6 Å². The molecule has 0 amide bonds. The van der Waals surface area contributed by atoms with Crippen molar-refractivity contribution in [3.8, 4) is 0 Å². The van der Waals surface area contributed by atoms with Gasteiger partial charge in [-0.05, 0) is 29.8 Å². The lowest BCUT2D eigenvalue weighted by molar-refractivity contribution is -0.0329. The second-order valence-corrected chi connectivity index (χ2v) is 6.17. The van der Waals surface area contributed by atoms with Gasteiger partial charge in [0.25, 0.3) is 0 Å². The number of carboxylic acid groups (broad SMARTS) is 1. The number of halogens is 2. The first-order valence-corrected chi connectivity index (χ1v) is 8.02. The maximum Gasteiger partial charge on any atom is 0.335 e. The molecule has 2 aromatic rings. The summed E-state index contributed by atoms with van der Waals surface area (Å²) < 4.78 is 19.0. The van der Waals surface area contributed by atoms with Gasteiger partial charge >= 0.3 is 5.97 Å². The molecule has 0 saturated carbocycles. The number of nitrogens with zero attached hydrogens (tertiary/aromatic N) is 1. The first-order valence-electron chi connectivity index (χ1n) is 7.64. The standard InChI is InChI=1S/C18H17ClFNO3/c19-16-9-14(20)5-6-15(16)17-11-21(7-8-24-17)10-12-1-3-13(4-2-12)18(22)23/h1-6,9,17H,7-8,10-11H2,(H,22,23). The van der Waals surface area contributed by atoms with Crippen LogP contribution < -0.4 is 0 Å². The van der Waals surface area contributed by atoms with Crippen LogP contribution >= 0.6 is 11.6 Å². The summed E-state index contributed by atoms with van der Waals surface area (Å²) in [5.41, 5.74) is 2.09. The molecule has 1 aliphatic heterocycles. The number of morpholine rings is 1. The van der Waals surface area contributed by atoms with E-state index in [9.17, 15) is 9.18 Å². The molecule has 3 rings (SSSR count). The molecule has 1 atom stereocenters. The second kappa shape index (κ2) is 7.30. The monoisotopic (exact) mass is 349 g/mol. The van der Waals surface area contributed by atoms with Gasteiger partial charge in [0.1, 0.15) is 5.82 Å². The Hall–Kier alpha value is -1.95. The minimum Gasteiger partial charge on any atom is -0.478 e. The molecule has 24 heavy (non-hydrogen) atoms. The number of carbonyl (C=O) groups is 1. The van der Waals surface area contributed by atoms with Crippen molar-refractivity contribution in [2.75, 3.05) is 19.7 Å². The van der Waals surface area contributed by atoms with E-state index in [-0.39, 0.29) is 17.5 Å². The van der Waals surface area contributed by atoms with Gasteiger partial charge in [0.2, 0.25) is 0 Å². The van der Waals surface area contributed by atoms with E-state index in [0.29, 0.717) is 24.7 Å². The quantitative estimate of drug-likeness (QED) is 0.913. The summed E-state index contributed by atoms with van der Waals surface area (Å²) in [6, 6.07) is 11.2. The summed E-state index contributed by atoms with van der Waals surface area (Å²) >= 11 is 6.12. The molecule has 0 bridgehead atoms. The van der Waals surface area contributed by atoms with Crippen LogP contribution in [0.5, 0.6) is 0 Å². The fraction of sp³-hybridized carbons (Fsp3) is 0.278. The molecule has 1 N–H and O–H groups in total. The van der Waals surface area contributed by atoms with Gasteiger partial charge in [-0.2, -0.15) is 0 Å². The van der Waals surface area contributed by atoms with Crippen LogP contribution in [-0.2, 0) is 11.3 Å². The highest BCUT2D eigenvalue weighted by Gasteiger charge is 2.24. The Labute approximate surface area is 144 Å². The summed E-state index contributed by atoms with van der Waals surface area (Å²) in [5.74, 6) is -1.30. The van der Waals surface area contributed by atoms with E-state index in [1.165, 1.54) is 12.1 Å². The number of ether oxygens (including phenoxy) is 1. The molecular weight excluding hydrogens is 333 g/mol. The molecule has 1 saturated heterocycles. The zero-order valence-corrected chi connectivity index (χ0v) is 13.7. The van der Waals surface area contributed by atoms with Crippen molar-refractivity contribution in [3.05, 3.63) is 70.0 Å². The van der Waals surface area contributed by atoms with Gasteiger partial charge in [-0.15, -0.1) is 0 Å². The van der Waals surface area contributed by atoms with Gasteiger partial charge in [0, 0.05) is 30.2 Å². The lowest BCUT2D eigenvalue weighted by Crippen LogP contribution is -2.37. The molecule has 0 aromatic heterocycles. The van der Waals surface area contributed by atoms with E-state index in [4.69, 9.17) is 21.4 Å². The number of carboxylic acids is 1. The summed E-state index contributed by atoms with van der Waals surface area (Å²) in [5, 5.41) is 9.31. The van der Waals surface area contributed by atoms with Gasteiger partial charge in [-0.3, -0.25) is 4.90 Å². The van der Waals surface area contributed by atoms with Crippen molar-refractivity contribution in [3.63, 3.8) is 0 Å². The van der Waals surface area contributed by atoms with E-state index < -0.39 is 5.97 Å². The predicted molar refractivity (Wildman–Crippen MR) is 88.8 cm³/mol. The SMILES string of the molecule is O=C(O)c1ccc(CN2CCOC(c3ccc(F)cc3Cl)C2)cc1. The third-order valence-corrected chi connectivity index (χ3v) is 4.39. The highest BCUT2D eigenvalue weighted by atomic mass is 35.5. The third kappa shape index (κ3) is 3.93. The molecule has 0 aliphatic carbocycles. The van der Waals surface area contributed by atoms with Gasteiger partial charge in [0.05, 0.1) is 18.3 Å². The van der Waals surface area contributed by atoms with Crippen LogP contribution in [0.15, 0.2) is 42.5 Å². The maximum atomic E-state index is 13.2. The molecule has 2 aromatic carbocycles. The average molecular weight is 350 g/mol. The van der Waals surface area contributed by atoms with Gasteiger partial charge in [0.15, 0.2) is 0 Å². The molecule has 1 fully saturated rings. The number of hydrogen-bond donors (Lipinski definition) is 1. The molecule has 0 radical (unpaired) electrons. The first kappa shape index (κ1) is 16.9. The molecular formula is C18H17ClFNO3. The molecule has 1 unspecified atom stereocenters. The van der Waals surface area contributed by atoms with Crippen LogP contribution in [0.1, 0.15) is 27.6 Å². The highest BCUT2D eigenvalue weighted by Crippen LogP contribution is 2.29. The fourth-order valence-electron chi connectivity index (χ4n) is 2.81. The summed E-state index contributed by atoms with van der Waals surface area (Å²) in [6.07, 6.45) is -0.204. The Balaban J connectivity index is 1.68. The van der Waals surface area contributed by atoms with E-state index in [2.05, 4.69) is 4.90 Å². The third-order valence-electron chi connectivity index (χ3n) is 4.07. The molecule has 1 heterocycles. The normalized spacial score (nSPS) is 18.5. The second-order valence-electron chi connectivity index (χ2n) is 5.76. The topological polar surface area (TPSA) is 49.8 Å². The number of hydrogen-bond acceptors (Lipinski definition) is 3. The Morgan fingerprint density at radius 2 is 2.04 bits per heavy atom. The summed E-state index contributed by atoms with van der Waals surface area (Å²) in [7, 11) is 0. The van der Waals surface area contributed by atoms with Crippen molar-refractivity contribution < 1.29 is 19.0 Å². The van der Waals surface area contributed by atoms with Crippen LogP contribution in [0.2, 0.25) is 5.02 Å². The number of benzene rings is 2. The zero-order chi connectivity index (χ0) is 17.1. The Bertz CT molecular complexity index is 736. The van der Waals surface area contributed by atoms with Crippen LogP contribution in [-0.4, -0.2) is 35.7 Å². The molecule has 1 aliphatic rings. The number of aromatic carboxylic acids is 1. The van der Waals surface area contributed by atoms with Gasteiger partial charge in [-0.25, -0.2) is 9.18 Å². The van der Waals surface area contributed by atoms with Gasteiger partial charge < -0.3 is 9.84 Å². The van der Waals surface area contributed by atoms with Crippen LogP contribution in [0.4, 0.5) is 4.39 Å². The summed E-state index contributed by atoms with van der Waals surface area (Å²) in [6.45, 7) is 2.67. The van der Waals surface area contributed by atoms with E-state index >= 15 is 0 Å². The Morgan fingerprint density at radius 1 is 1.29 bits per heavy atom. The fourth-order valence-corrected chi connectivity index (χ4v) is 3.10. The van der Waals surface area contributed by atoms with Crippen LogP contribution in [0.25, 0.3) is 0 Å². The predicted octanol–water partition coefficient (Wildman–Crippen LogP) is 3.75. The summed E-state index contributed by atoms with van der Waals surface area (Å²) in [4.78, 5) is 13.1. The lowest BCUT2D eigenvalue weighted by Gasteiger charge is -2.33. The van der Waals surface area contributed by atoms with E-state index in [1.54, 1.807) is 18.2 Å². The highest BCUT2D eigenvalue weighted by molar-refractivity contribution is 6.31. The van der Waals surface area contributed by atoms with Crippen LogP contribution in [0, 0.1) is 5.82 Å². The maximum absolute atomic E-state index is 13.2. The van der Waals surface area contributed by atoms with E-state index in [0.717, 1.165) is 17.7 Å². The first-order chi connectivity index (χ1) is 11.5. The molecule has 0 spiro atoms. The van der Waals surface area contributed by atoms with Crippen LogP contribution in [0.3, 0.4) is 0 Å². The zero-order valence-electron chi connectivity index (χ0n) is 12.9. The average Bonchev–Trinajstić information content (AvgIpc) is 2.55. The van der Waals surface area contributed by atoms with Crippen molar-refractivity contribution in [1.29, 1.82) is 0 Å². The largest absolute Gasteiger partial charge is 0.478 e. The minimum atomic E-state index is -0.932. The molecule has 4 nitrogen and oxygen atoms in total. The molecule has 6 heteroatoms. The number of rotatable bonds is 4. The molecule has 126 valence electrons. The van der Waals surface area contributed by atoms with E-state index in [1.807, 2.05) is 12.1 Å². The van der Waals surface area contributed by atoms with Gasteiger partial charge in [-0.1, -0.05) is 29.8 Å². The Kier molecular flexibility index (Phi) is 5.14. The van der Waals surface area contributed by atoms with Crippen molar-refractivity contribution in [1.82, 2.24) is 4.90 Å². The van der Waals surface area contributed by atoms with Crippen molar-refractivity contribution >= 4 is 17.6 Å². The smallest absolute Gasteiger partial charge is 0.335 e. The Morgan fingerprint density at radius 3 is 2.71 bits per heavy atom. The lowest BCUT2D eigenvalue weighted by atomic mass is 10.1. The minimum absolute atomic E-state index is 0.204.